The molecule has 14 heavy (non-hydrogen) atoms. The maximum absolute atomic E-state index is 11.1. The number of esters is 1. The monoisotopic (exact) mass is 195 g/mol. The summed E-state index contributed by atoms with van der Waals surface area (Å²) < 4.78 is 5.01. The number of nitrogens with one attached hydrogen (secondary N) is 1. The number of ether oxygens (including phenoxy) is 1. The molecule has 1 aliphatic rings. The molecule has 2 atom stereocenters. The Morgan fingerprint density at radius 2 is 2.29 bits per heavy atom. The number of carbonyl (C=O) groups excluding carboxylic acids is 2. The predicted octanol–water partition coefficient (Wildman–Crippen LogP) is 0.538. The van der Waals surface area contributed by atoms with Gasteiger partial charge in [-0.15, -0.1) is 5.73 Å². The third-order valence-corrected chi connectivity index (χ3v) is 2.14. The molecule has 1 fully saturated rings. The van der Waals surface area contributed by atoms with Crippen LogP contribution < -0.4 is 5.32 Å². The lowest BCUT2D eigenvalue weighted by molar-refractivity contribution is -0.146. The van der Waals surface area contributed by atoms with Gasteiger partial charge in [0.2, 0.25) is 5.91 Å². The van der Waals surface area contributed by atoms with Gasteiger partial charge >= 0.3 is 5.97 Å². The molecule has 0 bridgehead atoms. The van der Waals surface area contributed by atoms with Crippen LogP contribution in [-0.2, 0) is 14.3 Å². The third-order valence-electron chi connectivity index (χ3n) is 2.14. The first-order chi connectivity index (χ1) is 6.54. The van der Waals surface area contributed by atoms with E-state index >= 15 is 0 Å². The van der Waals surface area contributed by atoms with Crippen LogP contribution in [0.15, 0.2) is 17.9 Å². The zero-order valence-corrected chi connectivity index (χ0v) is 8.29. The molecule has 1 N–H and O–H groups in total. The van der Waals surface area contributed by atoms with Crippen molar-refractivity contribution in [2.45, 2.75) is 32.4 Å². The molecule has 1 rings (SSSR count). The fraction of sp³-hybridized carbons (Fsp3) is 0.500. The van der Waals surface area contributed by atoms with Crippen molar-refractivity contribution in [2.75, 3.05) is 0 Å². The van der Waals surface area contributed by atoms with Gasteiger partial charge in [0.25, 0.3) is 0 Å². The SMILES string of the molecule is C=C=C(C)[C@H]1NC(=O)C[C@@H]1OC(C)=O. The number of carbonyl (C=O) groups is 2. The number of rotatable bonds is 2. The minimum absolute atomic E-state index is 0.115. The highest BCUT2D eigenvalue weighted by Crippen LogP contribution is 2.18. The van der Waals surface area contributed by atoms with Gasteiger partial charge in [0.05, 0.1) is 12.5 Å². The van der Waals surface area contributed by atoms with Gasteiger partial charge in [0.1, 0.15) is 6.10 Å². The van der Waals surface area contributed by atoms with Crippen LogP contribution in [0.25, 0.3) is 0 Å². The van der Waals surface area contributed by atoms with Crippen LogP contribution in [0.1, 0.15) is 20.3 Å². The number of hydrogen-bond acceptors (Lipinski definition) is 3. The van der Waals surface area contributed by atoms with Gasteiger partial charge in [-0.3, -0.25) is 9.59 Å². The van der Waals surface area contributed by atoms with Crippen LogP contribution in [0.4, 0.5) is 0 Å². The van der Waals surface area contributed by atoms with E-state index < -0.39 is 6.10 Å². The summed E-state index contributed by atoms with van der Waals surface area (Å²) in [4.78, 5) is 21.9. The molecule has 0 aromatic carbocycles. The van der Waals surface area contributed by atoms with E-state index in [9.17, 15) is 9.59 Å². The van der Waals surface area contributed by atoms with Crippen molar-refractivity contribution in [2.24, 2.45) is 0 Å². The molecule has 1 aliphatic heterocycles. The van der Waals surface area contributed by atoms with Gasteiger partial charge in [-0.25, -0.2) is 0 Å². The largest absolute Gasteiger partial charge is 0.459 e. The Hall–Kier alpha value is -1.54. The molecule has 0 aromatic rings. The van der Waals surface area contributed by atoms with Crippen molar-refractivity contribution in [3.05, 3.63) is 17.9 Å². The van der Waals surface area contributed by atoms with Crippen molar-refractivity contribution in [1.29, 1.82) is 0 Å². The topological polar surface area (TPSA) is 55.4 Å². The second-order valence-corrected chi connectivity index (χ2v) is 3.26. The van der Waals surface area contributed by atoms with Gasteiger partial charge in [-0.2, -0.15) is 0 Å². The lowest BCUT2D eigenvalue weighted by atomic mass is 10.1. The summed E-state index contributed by atoms with van der Waals surface area (Å²) in [5.74, 6) is -0.496. The normalized spacial score (nSPS) is 25.1. The summed E-state index contributed by atoms with van der Waals surface area (Å²) in [6.07, 6.45) is -0.210. The standard InChI is InChI=1S/C10H13NO3/c1-4-6(2)10-8(14-7(3)12)5-9(13)11-10/h8,10H,1,5H2,2-3H3,(H,11,13)/t8-,10+/m0/s1. The molecule has 4 heteroatoms. The minimum Gasteiger partial charge on any atom is -0.459 e. The Morgan fingerprint density at radius 1 is 1.64 bits per heavy atom. The van der Waals surface area contributed by atoms with E-state index in [0.29, 0.717) is 0 Å². The minimum atomic E-state index is -0.422. The van der Waals surface area contributed by atoms with Crippen LogP contribution >= 0.6 is 0 Å². The summed E-state index contributed by atoms with van der Waals surface area (Å²) in [6.45, 7) is 6.61. The van der Waals surface area contributed by atoms with Crippen LogP contribution in [0.2, 0.25) is 0 Å². The highest BCUT2D eigenvalue weighted by atomic mass is 16.5. The maximum Gasteiger partial charge on any atom is 0.303 e. The number of amides is 1. The summed E-state index contributed by atoms with van der Waals surface area (Å²) in [6, 6.07) is -0.274. The molecule has 0 unspecified atom stereocenters. The summed E-state index contributed by atoms with van der Waals surface area (Å²) in [5, 5.41) is 2.70. The summed E-state index contributed by atoms with van der Waals surface area (Å²) in [7, 11) is 0. The second kappa shape index (κ2) is 4.11. The van der Waals surface area contributed by atoms with E-state index in [1.165, 1.54) is 6.92 Å². The lowest BCUT2D eigenvalue weighted by Gasteiger charge is -2.17. The molecule has 0 radical (unpaired) electrons. The molecular weight excluding hydrogens is 182 g/mol. The average Bonchev–Trinajstić information content (AvgIpc) is 2.44. The zero-order chi connectivity index (χ0) is 10.7. The molecule has 0 aromatic heterocycles. The van der Waals surface area contributed by atoms with Crippen molar-refractivity contribution >= 4 is 11.9 Å². The van der Waals surface area contributed by atoms with E-state index in [4.69, 9.17) is 4.74 Å². The third kappa shape index (κ3) is 2.24. The molecule has 1 saturated heterocycles. The van der Waals surface area contributed by atoms with Gasteiger partial charge in [0, 0.05) is 6.92 Å². The first-order valence-electron chi connectivity index (χ1n) is 4.37. The van der Waals surface area contributed by atoms with E-state index in [0.717, 1.165) is 5.57 Å². The molecule has 4 nitrogen and oxygen atoms in total. The molecule has 1 heterocycles. The lowest BCUT2D eigenvalue weighted by Crippen LogP contribution is -2.34. The second-order valence-electron chi connectivity index (χ2n) is 3.26. The van der Waals surface area contributed by atoms with Crippen LogP contribution in [0.3, 0.4) is 0 Å². The molecular formula is C10H13NO3. The molecule has 76 valence electrons. The Morgan fingerprint density at radius 3 is 2.79 bits per heavy atom. The first-order valence-corrected chi connectivity index (χ1v) is 4.37. The van der Waals surface area contributed by atoms with Crippen LogP contribution in [0.5, 0.6) is 0 Å². The van der Waals surface area contributed by atoms with E-state index in [-0.39, 0.29) is 24.3 Å². The first kappa shape index (κ1) is 10.5. The van der Waals surface area contributed by atoms with E-state index in [1.807, 2.05) is 0 Å². The summed E-state index contributed by atoms with van der Waals surface area (Å²) in [5.41, 5.74) is 3.47. The quantitative estimate of drug-likeness (QED) is 0.516. The van der Waals surface area contributed by atoms with Gasteiger partial charge < -0.3 is 10.1 Å². The van der Waals surface area contributed by atoms with Crippen molar-refractivity contribution in [3.63, 3.8) is 0 Å². The zero-order valence-electron chi connectivity index (χ0n) is 8.29. The van der Waals surface area contributed by atoms with Crippen LogP contribution in [0, 0.1) is 0 Å². The van der Waals surface area contributed by atoms with Crippen molar-refractivity contribution in [1.82, 2.24) is 5.32 Å². The van der Waals surface area contributed by atoms with Crippen LogP contribution in [-0.4, -0.2) is 24.0 Å². The van der Waals surface area contributed by atoms with Gasteiger partial charge in [0.15, 0.2) is 0 Å². The Kier molecular flexibility index (Phi) is 3.10. The van der Waals surface area contributed by atoms with Gasteiger partial charge in [-0.1, -0.05) is 6.58 Å². The Labute approximate surface area is 82.6 Å². The van der Waals surface area contributed by atoms with E-state index in [1.54, 1.807) is 6.92 Å². The van der Waals surface area contributed by atoms with Crippen molar-refractivity contribution in [3.8, 4) is 0 Å². The smallest absolute Gasteiger partial charge is 0.303 e. The maximum atomic E-state index is 11.1. The predicted molar refractivity (Wildman–Crippen MR) is 50.4 cm³/mol. The van der Waals surface area contributed by atoms with E-state index in [2.05, 4.69) is 17.6 Å². The Bertz CT molecular complexity index is 315. The summed E-state index contributed by atoms with van der Waals surface area (Å²) >= 11 is 0. The highest BCUT2D eigenvalue weighted by molar-refractivity contribution is 5.81. The molecule has 1 amide bonds. The molecule has 0 aliphatic carbocycles. The number of hydrogen-bond donors (Lipinski definition) is 1. The average molecular weight is 195 g/mol. The highest BCUT2D eigenvalue weighted by Gasteiger charge is 2.35. The Balaban J connectivity index is 2.77. The van der Waals surface area contributed by atoms with Gasteiger partial charge in [-0.05, 0) is 12.5 Å². The molecule has 0 spiro atoms. The van der Waals surface area contributed by atoms with Crippen molar-refractivity contribution < 1.29 is 14.3 Å². The fourth-order valence-electron chi connectivity index (χ4n) is 1.45. The fourth-order valence-corrected chi connectivity index (χ4v) is 1.45. The molecule has 0 saturated carbocycles.